The summed E-state index contributed by atoms with van der Waals surface area (Å²) < 4.78 is 14.0. The fourth-order valence-electron chi connectivity index (χ4n) is 4.63. The number of carbonyl (C=O) groups is 1. The maximum absolute atomic E-state index is 12.5. The molecule has 3 rings (SSSR count). The first-order valence-corrected chi connectivity index (χ1v) is 16.2. The maximum Gasteiger partial charge on any atom is 0.262 e. The first-order chi connectivity index (χ1) is 19.6. The highest BCUT2D eigenvalue weighted by Crippen LogP contribution is 2.35. The lowest BCUT2D eigenvalue weighted by molar-refractivity contribution is -0.689. The van der Waals surface area contributed by atoms with E-state index in [-0.39, 0.29) is 12.5 Å². The number of nitrogens with zero attached hydrogens (tertiary/aromatic N) is 1. The van der Waals surface area contributed by atoms with Gasteiger partial charge in [-0.25, -0.2) is 0 Å². The Labute approximate surface area is 249 Å². The minimum atomic E-state index is -0.234. The van der Waals surface area contributed by atoms with Gasteiger partial charge in [0, 0.05) is 18.2 Å². The molecule has 1 N–H and O–H groups in total. The third-order valence-electron chi connectivity index (χ3n) is 7.01. The van der Waals surface area contributed by atoms with Crippen LogP contribution in [0.3, 0.4) is 0 Å². The second-order valence-corrected chi connectivity index (χ2v) is 11.9. The topological polar surface area (TPSA) is 51.4 Å². The van der Waals surface area contributed by atoms with Crippen molar-refractivity contribution in [2.45, 2.75) is 97.4 Å². The number of hydrogen-bond acceptors (Lipinski definition) is 4. The first kappa shape index (κ1) is 32.0. The van der Waals surface area contributed by atoms with Gasteiger partial charge in [-0.1, -0.05) is 119 Å². The summed E-state index contributed by atoms with van der Waals surface area (Å²) in [5.74, 6) is 0.758. The predicted molar refractivity (Wildman–Crippen MR) is 167 cm³/mol. The normalized spacial score (nSPS) is 11.0. The van der Waals surface area contributed by atoms with Gasteiger partial charge in [0.05, 0.1) is 17.0 Å². The summed E-state index contributed by atoms with van der Waals surface area (Å²) >= 11 is 8.12. The minimum Gasteiger partial charge on any atom is -0.488 e. The van der Waals surface area contributed by atoms with E-state index < -0.39 is 0 Å². The number of aromatic nitrogens is 1. The molecule has 40 heavy (non-hydrogen) atoms. The van der Waals surface area contributed by atoms with Crippen LogP contribution in [0.4, 0.5) is 5.69 Å². The number of thiazole rings is 1. The van der Waals surface area contributed by atoms with Crippen LogP contribution >= 0.6 is 22.9 Å². The lowest BCUT2D eigenvalue weighted by atomic mass is 10.1. The average molecular weight is 586 g/mol. The fourth-order valence-corrected chi connectivity index (χ4v) is 5.52. The van der Waals surface area contributed by atoms with Crippen LogP contribution in [0.1, 0.15) is 94.5 Å². The van der Waals surface area contributed by atoms with Crippen molar-refractivity contribution in [2.75, 3.05) is 18.5 Å². The molecule has 0 saturated heterocycles. The molecular weight excluding hydrogens is 540 g/mol. The summed E-state index contributed by atoms with van der Waals surface area (Å²) in [6.07, 6.45) is 17.7. The van der Waals surface area contributed by atoms with Gasteiger partial charge in [-0.05, 0) is 30.7 Å². The summed E-state index contributed by atoms with van der Waals surface area (Å²) in [4.78, 5) is 12.5. The van der Waals surface area contributed by atoms with Gasteiger partial charge in [-0.2, -0.15) is 4.57 Å². The molecule has 1 heterocycles. The van der Waals surface area contributed by atoms with E-state index >= 15 is 0 Å². The highest BCUT2D eigenvalue weighted by atomic mass is 35.5. The molecule has 0 atom stereocenters. The van der Waals surface area contributed by atoms with E-state index in [0.29, 0.717) is 23.1 Å². The molecular formula is C33H46ClN2O3S+. The van der Waals surface area contributed by atoms with Crippen LogP contribution in [0.25, 0.3) is 0 Å². The molecule has 0 saturated carbocycles. The summed E-state index contributed by atoms with van der Waals surface area (Å²) in [5, 5.41) is 6.73. The molecule has 0 fully saturated rings. The Bertz CT molecular complexity index is 1130. The molecule has 7 heteroatoms. The van der Waals surface area contributed by atoms with Crippen LogP contribution in [-0.4, -0.2) is 19.1 Å². The summed E-state index contributed by atoms with van der Waals surface area (Å²) in [6, 6.07) is 13.3. The number of nitrogens with one attached hydrogen (secondary N) is 1. The smallest absolute Gasteiger partial charge is 0.262 e. The Kier molecular flexibility index (Phi) is 15.0. The van der Waals surface area contributed by atoms with Crippen LogP contribution in [0.5, 0.6) is 11.5 Å². The highest BCUT2D eigenvalue weighted by Gasteiger charge is 2.13. The van der Waals surface area contributed by atoms with Crippen LogP contribution in [0.15, 0.2) is 54.0 Å². The van der Waals surface area contributed by atoms with E-state index in [9.17, 15) is 4.79 Å². The van der Waals surface area contributed by atoms with Crippen LogP contribution < -0.4 is 19.4 Å². The van der Waals surface area contributed by atoms with Crippen LogP contribution in [-0.2, 0) is 11.3 Å². The third-order valence-corrected chi connectivity index (χ3v) is 8.14. The van der Waals surface area contributed by atoms with E-state index in [1.807, 2.05) is 24.3 Å². The number of carbonyl (C=O) groups excluding carboxylic acids is 1. The Morgan fingerprint density at radius 1 is 0.875 bits per heavy atom. The average Bonchev–Trinajstić information content (AvgIpc) is 3.36. The molecule has 0 spiro atoms. The largest absolute Gasteiger partial charge is 0.488 e. The fraction of sp³-hybridized carbons (Fsp3) is 0.515. The standard InChI is InChI=1S/C33H45ClN2O3S/c1-3-4-5-6-7-8-9-10-11-12-13-14-23-38-33-30(34)16-15-17-31(33)39-26-32(37)35-29-20-18-28(19-21-29)25-36-22-24-40-27(36)2/h15-22,24H,3-14,23,25-26H2,1-2H3/p+1. The van der Waals surface area contributed by atoms with Crippen molar-refractivity contribution < 1.29 is 18.8 Å². The van der Waals surface area contributed by atoms with Gasteiger partial charge in [-0.3, -0.25) is 4.79 Å². The number of halogens is 1. The first-order valence-electron chi connectivity index (χ1n) is 14.9. The number of aryl methyl sites for hydroxylation is 1. The van der Waals surface area contributed by atoms with Gasteiger partial charge >= 0.3 is 0 Å². The molecule has 0 aliphatic heterocycles. The maximum atomic E-state index is 12.5. The van der Waals surface area contributed by atoms with Gasteiger partial charge in [0.25, 0.3) is 5.91 Å². The van der Waals surface area contributed by atoms with Crippen LogP contribution in [0.2, 0.25) is 5.02 Å². The summed E-state index contributed by atoms with van der Waals surface area (Å²) in [6.45, 7) is 5.64. The van der Waals surface area contributed by atoms with Crippen molar-refractivity contribution in [3.8, 4) is 11.5 Å². The number of anilines is 1. The Morgan fingerprint density at radius 3 is 2.15 bits per heavy atom. The number of ether oxygens (including phenoxy) is 2. The predicted octanol–water partition coefficient (Wildman–Crippen LogP) is 9.14. The second-order valence-electron chi connectivity index (χ2n) is 10.4. The van der Waals surface area contributed by atoms with Crippen molar-refractivity contribution in [3.63, 3.8) is 0 Å². The van der Waals surface area contributed by atoms with Gasteiger partial charge in [0.1, 0.15) is 0 Å². The van der Waals surface area contributed by atoms with Gasteiger partial charge in [-0.15, -0.1) is 0 Å². The number of unbranched alkanes of at least 4 members (excludes halogenated alkanes) is 11. The zero-order chi connectivity index (χ0) is 28.4. The van der Waals surface area contributed by atoms with E-state index in [1.165, 1.54) is 74.8 Å². The minimum absolute atomic E-state index is 0.124. The number of hydrogen-bond donors (Lipinski definition) is 1. The zero-order valence-corrected chi connectivity index (χ0v) is 25.8. The molecule has 0 radical (unpaired) electrons. The third kappa shape index (κ3) is 11.9. The highest BCUT2D eigenvalue weighted by molar-refractivity contribution is 7.09. The zero-order valence-electron chi connectivity index (χ0n) is 24.3. The number of benzene rings is 2. The Hall–Kier alpha value is -2.57. The number of para-hydroxylation sites is 1. The molecule has 2 aromatic carbocycles. The van der Waals surface area contributed by atoms with Crippen LogP contribution in [0, 0.1) is 6.92 Å². The Balaban J connectivity index is 1.32. The lowest BCUT2D eigenvalue weighted by Crippen LogP contribution is -2.34. The molecule has 0 aliphatic carbocycles. The van der Waals surface area contributed by atoms with Crippen molar-refractivity contribution >= 4 is 34.5 Å². The van der Waals surface area contributed by atoms with E-state index in [4.69, 9.17) is 21.1 Å². The molecule has 1 aromatic heterocycles. The summed E-state index contributed by atoms with van der Waals surface area (Å²) in [7, 11) is 0. The van der Waals surface area contributed by atoms with E-state index in [1.54, 1.807) is 29.5 Å². The quantitative estimate of drug-likeness (QED) is 0.106. The van der Waals surface area contributed by atoms with Gasteiger partial charge < -0.3 is 14.8 Å². The summed E-state index contributed by atoms with van der Waals surface area (Å²) in [5.41, 5.74) is 1.91. The number of amides is 1. The van der Waals surface area contributed by atoms with Crippen molar-refractivity contribution in [1.29, 1.82) is 0 Å². The van der Waals surface area contributed by atoms with Gasteiger partial charge in [0.2, 0.25) is 5.01 Å². The Morgan fingerprint density at radius 2 is 1.52 bits per heavy atom. The molecule has 0 unspecified atom stereocenters. The van der Waals surface area contributed by atoms with Crippen molar-refractivity contribution in [3.05, 3.63) is 69.6 Å². The van der Waals surface area contributed by atoms with Gasteiger partial charge in [0.15, 0.2) is 30.8 Å². The lowest BCUT2D eigenvalue weighted by Gasteiger charge is -2.14. The van der Waals surface area contributed by atoms with Crippen molar-refractivity contribution in [1.82, 2.24) is 0 Å². The molecule has 3 aromatic rings. The monoisotopic (exact) mass is 585 g/mol. The SMILES string of the molecule is CCCCCCCCCCCCCCOc1c(Cl)cccc1OCC(=O)Nc1ccc(C[n+]2ccsc2C)cc1. The number of rotatable bonds is 20. The molecule has 0 bridgehead atoms. The second kappa shape index (κ2) is 18.7. The molecule has 218 valence electrons. The van der Waals surface area contributed by atoms with Crippen molar-refractivity contribution in [2.24, 2.45) is 0 Å². The van der Waals surface area contributed by atoms with E-state index in [0.717, 1.165) is 25.1 Å². The molecule has 1 amide bonds. The molecule has 0 aliphatic rings. The molecule has 5 nitrogen and oxygen atoms in total. The van der Waals surface area contributed by atoms with E-state index in [2.05, 4.69) is 35.3 Å².